The van der Waals surface area contributed by atoms with Crippen molar-refractivity contribution >= 4 is 11.6 Å². The van der Waals surface area contributed by atoms with E-state index in [0.717, 1.165) is 23.4 Å². The number of para-hydroxylation sites is 1. The summed E-state index contributed by atoms with van der Waals surface area (Å²) in [5, 5.41) is 8.02. The Morgan fingerprint density at radius 2 is 2.05 bits per heavy atom. The highest BCUT2D eigenvalue weighted by Gasteiger charge is 2.28. The maximum Gasteiger partial charge on any atom is 0.260 e. The van der Waals surface area contributed by atoms with Crippen LogP contribution in [0.15, 0.2) is 30.3 Å². The monoisotopic (exact) mass is 282 g/mol. The quantitative estimate of drug-likeness (QED) is 0.862. The Labute approximate surface area is 123 Å². The lowest BCUT2D eigenvalue weighted by atomic mass is 9.97. The van der Waals surface area contributed by atoms with Crippen LogP contribution < -0.4 is 10.6 Å². The van der Waals surface area contributed by atoms with E-state index in [0.29, 0.717) is 17.8 Å². The molecule has 5 nitrogen and oxygen atoms in total. The van der Waals surface area contributed by atoms with Gasteiger partial charge >= 0.3 is 0 Å². The molecule has 0 aliphatic carbocycles. The van der Waals surface area contributed by atoms with Crippen molar-refractivity contribution in [2.45, 2.75) is 26.3 Å². The van der Waals surface area contributed by atoms with Crippen LogP contribution in [0.25, 0.3) is 0 Å². The molecule has 2 N–H and O–H groups in total. The van der Waals surface area contributed by atoms with Crippen LogP contribution in [-0.4, -0.2) is 28.7 Å². The number of nitrogens with zero attached hydrogens (tertiary/aromatic N) is 3. The van der Waals surface area contributed by atoms with Crippen LogP contribution in [0.2, 0.25) is 0 Å². The Morgan fingerprint density at radius 1 is 1.29 bits per heavy atom. The van der Waals surface area contributed by atoms with Gasteiger partial charge in [-0.1, -0.05) is 18.2 Å². The van der Waals surface area contributed by atoms with Gasteiger partial charge in [0.1, 0.15) is 0 Å². The second-order valence-corrected chi connectivity index (χ2v) is 5.49. The molecule has 1 aliphatic heterocycles. The van der Waals surface area contributed by atoms with Gasteiger partial charge in [0.05, 0.1) is 17.0 Å². The molecule has 21 heavy (non-hydrogen) atoms. The Bertz CT molecular complexity index is 698. The number of aromatic nitrogens is 2. The molecular weight excluding hydrogens is 264 g/mol. The molecule has 1 amide bonds. The molecule has 108 valence electrons. The minimum absolute atomic E-state index is 0.0416. The van der Waals surface area contributed by atoms with E-state index in [1.165, 1.54) is 0 Å². The van der Waals surface area contributed by atoms with E-state index in [-0.39, 0.29) is 11.9 Å². The number of aryl methyl sites for hydroxylation is 2. The molecule has 1 unspecified atom stereocenters. The lowest BCUT2D eigenvalue weighted by Crippen LogP contribution is -2.46. The number of fused-ring (bicyclic) bond motifs is 1. The van der Waals surface area contributed by atoms with Gasteiger partial charge in [0.15, 0.2) is 0 Å². The minimum atomic E-state index is -0.0619. The maximum absolute atomic E-state index is 12.9. The van der Waals surface area contributed by atoms with Crippen molar-refractivity contribution in [3.05, 3.63) is 52.8 Å². The first kappa shape index (κ1) is 13.7. The van der Waals surface area contributed by atoms with Gasteiger partial charge < -0.3 is 10.6 Å². The van der Waals surface area contributed by atoms with Crippen LogP contribution in [0.4, 0.5) is 5.69 Å². The average Bonchev–Trinajstić information content (AvgIpc) is 2.48. The molecule has 1 aliphatic rings. The molecule has 0 fully saturated rings. The fourth-order valence-corrected chi connectivity index (χ4v) is 2.73. The van der Waals surface area contributed by atoms with Gasteiger partial charge in [0, 0.05) is 18.3 Å². The highest BCUT2D eigenvalue weighted by atomic mass is 16.2. The molecule has 0 radical (unpaired) electrons. The van der Waals surface area contributed by atoms with E-state index in [1.54, 1.807) is 17.9 Å². The van der Waals surface area contributed by atoms with Crippen LogP contribution in [0.1, 0.15) is 27.3 Å². The van der Waals surface area contributed by atoms with Gasteiger partial charge in [-0.05, 0) is 38.0 Å². The first-order chi connectivity index (χ1) is 10.1. The summed E-state index contributed by atoms with van der Waals surface area (Å²) >= 11 is 0. The summed E-state index contributed by atoms with van der Waals surface area (Å²) in [6.45, 7) is 4.16. The number of hydrogen-bond acceptors (Lipinski definition) is 4. The zero-order valence-corrected chi connectivity index (χ0v) is 12.2. The third kappa shape index (κ3) is 2.52. The number of benzene rings is 1. The largest absolute Gasteiger partial charge is 0.326 e. The Hall–Kier alpha value is -2.27. The maximum atomic E-state index is 12.9. The molecule has 1 atom stereocenters. The van der Waals surface area contributed by atoms with Gasteiger partial charge in [-0.15, -0.1) is 0 Å². The van der Waals surface area contributed by atoms with Crippen LogP contribution >= 0.6 is 0 Å². The van der Waals surface area contributed by atoms with E-state index in [2.05, 4.69) is 10.2 Å². The summed E-state index contributed by atoms with van der Waals surface area (Å²) in [5.74, 6) is -0.0619. The van der Waals surface area contributed by atoms with Crippen molar-refractivity contribution < 1.29 is 4.79 Å². The lowest BCUT2D eigenvalue weighted by molar-refractivity contribution is 0.0982. The Kier molecular flexibility index (Phi) is 3.43. The molecule has 1 aromatic heterocycles. The molecule has 3 rings (SSSR count). The molecule has 2 heterocycles. The summed E-state index contributed by atoms with van der Waals surface area (Å²) in [6, 6.07) is 9.66. The number of rotatable bonds is 1. The van der Waals surface area contributed by atoms with Crippen LogP contribution in [0.3, 0.4) is 0 Å². The fraction of sp³-hybridized carbons (Fsp3) is 0.312. The van der Waals surface area contributed by atoms with E-state index in [9.17, 15) is 4.79 Å². The number of anilines is 1. The van der Waals surface area contributed by atoms with Crippen LogP contribution in [-0.2, 0) is 6.42 Å². The number of amides is 1. The van der Waals surface area contributed by atoms with Gasteiger partial charge in [-0.3, -0.25) is 4.79 Å². The second-order valence-electron chi connectivity index (χ2n) is 5.49. The molecule has 0 spiro atoms. The highest BCUT2D eigenvalue weighted by molar-refractivity contribution is 6.07. The van der Waals surface area contributed by atoms with Crippen molar-refractivity contribution in [2.75, 3.05) is 11.4 Å². The SMILES string of the molecule is Cc1cc(C(=O)N2CC(N)Cc3ccccc32)c(C)nn1. The summed E-state index contributed by atoms with van der Waals surface area (Å²) < 4.78 is 0. The first-order valence-electron chi connectivity index (χ1n) is 7.02. The van der Waals surface area contributed by atoms with Gasteiger partial charge in [-0.25, -0.2) is 0 Å². The van der Waals surface area contributed by atoms with Gasteiger partial charge in [-0.2, -0.15) is 10.2 Å². The number of carbonyl (C=O) groups excluding carboxylic acids is 1. The Balaban J connectivity index is 2.04. The van der Waals surface area contributed by atoms with Crippen LogP contribution in [0, 0.1) is 13.8 Å². The molecule has 0 bridgehead atoms. The number of nitrogens with two attached hydrogens (primary N) is 1. The minimum Gasteiger partial charge on any atom is -0.326 e. The van der Waals surface area contributed by atoms with Gasteiger partial charge in [0.2, 0.25) is 0 Å². The molecular formula is C16H18N4O. The zero-order valence-electron chi connectivity index (χ0n) is 12.2. The molecule has 5 heteroatoms. The smallest absolute Gasteiger partial charge is 0.260 e. The normalized spacial score (nSPS) is 17.5. The second kappa shape index (κ2) is 5.26. The van der Waals surface area contributed by atoms with E-state index >= 15 is 0 Å². The van der Waals surface area contributed by atoms with Crippen LogP contribution in [0.5, 0.6) is 0 Å². The van der Waals surface area contributed by atoms with Crippen molar-refractivity contribution in [1.29, 1.82) is 0 Å². The fourth-order valence-electron chi connectivity index (χ4n) is 2.73. The van der Waals surface area contributed by atoms with Crippen molar-refractivity contribution in [2.24, 2.45) is 5.73 Å². The number of carbonyl (C=O) groups is 1. The van der Waals surface area contributed by atoms with E-state index in [1.807, 2.05) is 31.2 Å². The summed E-state index contributed by atoms with van der Waals surface area (Å²) in [5.41, 5.74) is 10.1. The van der Waals surface area contributed by atoms with Crippen molar-refractivity contribution in [1.82, 2.24) is 10.2 Å². The van der Waals surface area contributed by atoms with E-state index in [4.69, 9.17) is 5.73 Å². The third-order valence-electron chi connectivity index (χ3n) is 3.76. The molecule has 0 saturated heterocycles. The molecule has 1 aromatic carbocycles. The topological polar surface area (TPSA) is 72.1 Å². The first-order valence-corrected chi connectivity index (χ1v) is 7.02. The molecule has 0 saturated carbocycles. The lowest BCUT2D eigenvalue weighted by Gasteiger charge is -2.33. The van der Waals surface area contributed by atoms with E-state index < -0.39 is 0 Å². The zero-order chi connectivity index (χ0) is 15.0. The standard InChI is InChI=1S/C16H18N4O/c1-10-7-14(11(2)19-18-10)16(21)20-9-13(17)8-12-5-3-4-6-15(12)20/h3-7,13H,8-9,17H2,1-2H3. The summed E-state index contributed by atoms with van der Waals surface area (Å²) in [7, 11) is 0. The van der Waals surface area contributed by atoms with Crippen molar-refractivity contribution in [3.63, 3.8) is 0 Å². The predicted octanol–water partition coefficient (Wildman–Crippen LogP) is 1.62. The summed E-state index contributed by atoms with van der Waals surface area (Å²) in [4.78, 5) is 14.6. The number of hydrogen-bond donors (Lipinski definition) is 1. The highest BCUT2D eigenvalue weighted by Crippen LogP contribution is 2.28. The van der Waals surface area contributed by atoms with Gasteiger partial charge in [0.25, 0.3) is 5.91 Å². The predicted molar refractivity (Wildman–Crippen MR) is 81.3 cm³/mol. The molecule has 2 aromatic rings. The third-order valence-corrected chi connectivity index (χ3v) is 3.76. The summed E-state index contributed by atoms with van der Waals surface area (Å²) in [6.07, 6.45) is 0.798. The Morgan fingerprint density at radius 3 is 2.86 bits per heavy atom. The average molecular weight is 282 g/mol. The van der Waals surface area contributed by atoms with Crippen molar-refractivity contribution in [3.8, 4) is 0 Å².